The largest absolute Gasteiger partial charge is 0.396 e. The minimum Gasteiger partial charge on any atom is -0.396 e. The smallest absolute Gasteiger partial charge is 0.264 e. The van der Waals surface area contributed by atoms with Crippen molar-refractivity contribution in [3.63, 3.8) is 0 Å². The molecule has 2 aromatic carbocycles. The Morgan fingerprint density at radius 2 is 1.53 bits per heavy atom. The first kappa shape index (κ1) is 30.0. The molecule has 0 aliphatic carbocycles. The summed E-state index contributed by atoms with van der Waals surface area (Å²) in [6, 6.07) is 13.4. The van der Waals surface area contributed by atoms with E-state index in [4.69, 9.17) is 4.74 Å². The molecule has 3 saturated heterocycles. The maximum atomic E-state index is 15.9. The number of fused-ring (bicyclic) bond motifs is 2. The fraction of sp³-hybridized carbons (Fsp3) is 0.545. The molecular formula is C33H42FN3O5Si. The van der Waals surface area contributed by atoms with Crippen LogP contribution in [0.25, 0.3) is 0 Å². The zero-order valence-electron chi connectivity index (χ0n) is 25.4. The fourth-order valence-electron chi connectivity index (χ4n) is 7.88. The Morgan fingerprint density at radius 1 is 0.930 bits per heavy atom. The summed E-state index contributed by atoms with van der Waals surface area (Å²) in [6.07, 6.45) is 4.38. The summed E-state index contributed by atoms with van der Waals surface area (Å²) in [5.74, 6) is -0.517. The van der Waals surface area contributed by atoms with Gasteiger partial charge >= 0.3 is 0 Å². The number of nitrogens with zero attached hydrogens (tertiary/aromatic N) is 3. The highest BCUT2D eigenvalue weighted by Crippen LogP contribution is 2.60. The Labute approximate surface area is 254 Å². The minimum atomic E-state index is -3.32. The molecule has 10 heteroatoms. The number of carbonyl (C=O) groups is 3. The molecule has 1 N–H and O–H groups in total. The lowest BCUT2D eigenvalue weighted by Gasteiger charge is -2.32. The van der Waals surface area contributed by atoms with E-state index in [9.17, 15) is 19.5 Å². The summed E-state index contributed by atoms with van der Waals surface area (Å²) in [7, 11) is -3.32. The molecule has 0 bridgehead atoms. The number of hydrogen-bond donors (Lipinski definition) is 1. The van der Waals surface area contributed by atoms with Crippen LogP contribution < -0.4 is 14.7 Å². The molecule has 4 atom stereocenters. The molecule has 4 heterocycles. The van der Waals surface area contributed by atoms with Crippen LogP contribution in [-0.2, 0) is 31.3 Å². The quantitative estimate of drug-likeness (QED) is 0.335. The molecule has 0 unspecified atom stereocenters. The van der Waals surface area contributed by atoms with Crippen LogP contribution in [0.3, 0.4) is 0 Å². The zero-order chi connectivity index (χ0) is 30.5. The summed E-state index contributed by atoms with van der Waals surface area (Å²) in [6.45, 7) is 6.65. The third-order valence-corrected chi connectivity index (χ3v) is 12.4. The number of benzene rings is 2. The molecule has 3 fully saturated rings. The van der Waals surface area contributed by atoms with Crippen molar-refractivity contribution in [3.8, 4) is 0 Å². The molecule has 6 rings (SSSR count). The number of aliphatic hydroxyl groups is 1. The van der Waals surface area contributed by atoms with Gasteiger partial charge in [0.15, 0.2) is 5.60 Å². The molecular weight excluding hydrogens is 565 g/mol. The summed E-state index contributed by atoms with van der Waals surface area (Å²) >= 11 is 0. The van der Waals surface area contributed by atoms with Gasteiger partial charge in [-0.25, -0.2) is 0 Å². The maximum absolute atomic E-state index is 15.9. The van der Waals surface area contributed by atoms with E-state index >= 15 is 4.11 Å². The van der Waals surface area contributed by atoms with E-state index in [1.807, 2.05) is 54.3 Å². The van der Waals surface area contributed by atoms with Crippen LogP contribution in [0.15, 0.2) is 42.5 Å². The maximum Gasteiger partial charge on any atom is 0.264 e. The van der Waals surface area contributed by atoms with Crippen LogP contribution in [-0.4, -0.2) is 57.0 Å². The number of aliphatic hydroxyl groups excluding tert-OH is 1. The molecule has 230 valence electrons. The molecule has 2 aromatic rings. The Hall–Kier alpha value is -3.08. The van der Waals surface area contributed by atoms with Crippen molar-refractivity contribution >= 4 is 43.2 Å². The molecule has 43 heavy (non-hydrogen) atoms. The monoisotopic (exact) mass is 607 g/mol. The first-order valence-corrected chi connectivity index (χ1v) is 18.7. The van der Waals surface area contributed by atoms with E-state index in [-0.39, 0.29) is 37.3 Å². The molecule has 0 aromatic heterocycles. The number of piperidine rings is 2. The van der Waals surface area contributed by atoms with Gasteiger partial charge in [-0.05, 0) is 81.1 Å². The number of ether oxygens (including phenoxy) is 1. The summed E-state index contributed by atoms with van der Waals surface area (Å²) in [5.41, 5.74) is 1.94. The average Bonchev–Trinajstić information content (AvgIpc) is 3.40. The standard InChI is InChI=1S/C33H42FN3O5Si/c1-22-31(43(2,3)34)28(16-19-38)42-33(22)26-20-25(36-18-7-5-9-30(36)40)14-15-27(26)37(32(33)41)21-23-10-12-24(13-11-23)35-17-6-4-8-29(35)39/h10-15,20,22,28,31,38H,4-9,16-19,21H2,1-3H3/t22-,28+,31-,33+/m0/s1. The lowest BCUT2D eigenvalue weighted by molar-refractivity contribution is -0.146. The molecule has 0 saturated carbocycles. The predicted octanol–water partition coefficient (Wildman–Crippen LogP) is 5.42. The molecule has 4 aliphatic heterocycles. The fourth-order valence-corrected chi connectivity index (χ4v) is 10.4. The van der Waals surface area contributed by atoms with E-state index < -0.39 is 31.6 Å². The second-order valence-electron chi connectivity index (χ2n) is 13.0. The molecule has 8 nitrogen and oxygen atoms in total. The van der Waals surface area contributed by atoms with Crippen molar-refractivity contribution in [2.24, 2.45) is 5.92 Å². The minimum absolute atomic E-state index is 0.0578. The number of rotatable bonds is 7. The second kappa shape index (κ2) is 11.4. The van der Waals surface area contributed by atoms with Crippen molar-refractivity contribution in [2.75, 3.05) is 34.4 Å². The average molecular weight is 608 g/mol. The van der Waals surface area contributed by atoms with Crippen LogP contribution in [0.5, 0.6) is 0 Å². The van der Waals surface area contributed by atoms with Crippen molar-refractivity contribution < 1.29 is 28.3 Å². The Balaban J connectivity index is 1.39. The number of carbonyl (C=O) groups excluding carboxylic acids is 3. The highest BCUT2D eigenvalue weighted by molar-refractivity contribution is 6.72. The van der Waals surface area contributed by atoms with Gasteiger partial charge in [0, 0.05) is 60.9 Å². The van der Waals surface area contributed by atoms with Crippen LogP contribution in [0, 0.1) is 5.92 Å². The van der Waals surface area contributed by atoms with Crippen molar-refractivity contribution in [1.82, 2.24) is 0 Å². The van der Waals surface area contributed by atoms with Crippen molar-refractivity contribution in [2.45, 2.75) is 88.8 Å². The van der Waals surface area contributed by atoms with Gasteiger partial charge in [0.05, 0.1) is 18.3 Å². The number of amides is 3. The van der Waals surface area contributed by atoms with Gasteiger partial charge in [-0.3, -0.25) is 14.4 Å². The molecule has 0 radical (unpaired) electrons. The van der Waals surface area contributed by atoms with Crippen LogP contribution in [0.4, 0.5) is 21.2 Å². The summed E-state index contributed by atoms with van der Waals surface area (Å²) < 4.78 is 22.6. The van der Waals surface area contributed by atoms with Crippen molar-refractivity contribution in [3.05, 3.63) is 53.6 Å². The highest BCUT2D eigenvalue weighted by atomic mass is 28.4. The van der Waals surface area contributed by atoms with Crippen LogP contribution in [0.2, 0.25) is 18.6 Å². The molecule has 4 aliphatic rings. The van der Waals surface area contributed by atoms with Gasteiger partial charge in [0.25, 0.3) is 5.91 Å². The zero-order valence-corrected chi connectivity index (χ0v) is 26.4. The van der Waals surface area contributed by atoms with Crippen LogP contribution in [0.1, 0.15) is 63.0 Å². The number of hydrogen-bond acceptors (Lipinski definition) is 5. The van der Waals surface area contributed by atoms with Gasteiger partial charge in [-0.2, -0.15) is 0 Å². The lowest BCUT2D eigenvalue weighted by Crippen LogP contribution is -2.45. The van der Waals surface area contributed by atoms with Crippen molar-refractivity contribution in [1.29, 1.82) is 0 Å². The first-order valence-electron chi connectivity index (χ1n) is 15.7. The number of halogens is 1. The first-order chi connectivity index (χ1) is 20.6. The van der Waals surface area contributed by atoms with Gasteiger partial charge < -0.3 is 28.7 Å². The lowest BCUT2D eigenvalue weighted by atomic mass is 9.82. The Morgan fingerprint density at radius 3 is 2.12 bits per heavy atom. The molecule has 1 spiro atoms. The Bertz CT molecular complexity index is 1410. The normalized spacial score (nSPS) is 27.9. The topological polar surface area (TPSA) is 90.4 Å². The predicted molar refractivity (Wildman–Crippen MR) is 166 cm³/mol. The second-order valence-corrected chi connectivity index (χ2v) is 16.8. The third kappa shape index (κ3) is 5.11. The van der Waals surface area contributed by atoms with E-state index in [0.29, 0.717) is 37.2 Å². The SMILES string of the molecule is C[C@H]1[C@H]([Si](C)(C)F)[C@@H](CCO)O[C@]12C(=O)N(Cc1ccc(N3CCCCC3=O)cc1)c1ccc(N3CCCCC3=O)cc12. The van der Waals surface area contributed by atoms with Gasteiger partial charge in [0.2, 0.25) is 20.2 Å². The summed E-state index contributed by atoms with van der Waals surface area (Å²) in [5, 5.41) is 9.86. The highest BCUT2D eigenvalue weighted by Gasteiger charge is 2.66. The third-order valence-electron chi connectivity index (χ3n) is 9.91. The van der Waals surface area contributed by atoms with E-state index in [1.54, 1.807) is 22.9 Å². The number of anilines is 3. The molecule has 3 amide bonds. The van der Waals surface area contributed by atoms with Gasteiger partial charge in [-0.15, -0.1) is 0 Å². The van der Waals surface area contributed by atoms with Gasteiger partial charge in [-0.1, -0.05) is 19.1 Å². The van der Waals surface area contributed by atoms with E-state index in [2.05, 4.69) is 0 Å². The van der Waals surface area contributed by atoms with E-state index in [1.165, 1.54) is 0 Å². The van der Waals surface area contributed by atoms with Crippen LogP contribution >= 0.6 is 0 Å². The summed E-state index contributed by atoms with van der Waals surface area (Å²) in [4.78, 5) is 45.2. The Kier molecular flexibility index (Phi) is 7.98. The van der Waals surface area contributed by atoms with Gasteiger partial charge in [0.1, 0.15) is 0 Å². The van der Waals surface area contributed by atoms with E-state index in [0.717, 1.165) is 42.6 Å².